The first kappa shape index (κ1) is 55.4. The van der Waals surface area contributed by atoms with Crippen LogP contribution >= 0.6 is 23.2 Å². The average Bonchev–Trinajstić information content (AvgIpc) is 3.96. The predicted octanol–water partition coefficient (Wildman–Crippen LogP) is 11.6. The quantitative estimate of drug-likeness (QED) is 0.0772. The molecule has 404 valence electrons. The van der Waals surface area contributed by atoms with Crippen LogP contribution in [-0.2, 0) is 12.4 Å². The number of nitrogen functional groups attached to an aromatic ring is 1. The maximum Gasteiger partial charge on any atom is 0.416 e. The van der Waals surface area contributed by atoms with E-state index >= 15 is 0 Å². The third-order valence-electron chi connectivity index (χ3n) is 12.6. The van der Waals surface area contributed by atoms with E-state index in [4.69, 9.17) is 38.4 Å². The molecule has 2 saturated heterocycles. The molecule has 76 heavy (non-hydrogen) atoms. The van der Waals surface area contributed by atoms with Crippen LogP contribution in [0, 0.1) is 0 Å². The zero-order valence-electron chi connectivity index (χ0n) is 41.8. The molecule has 15 nitrogen and oxygen atoms in total. The normalized spacial score (nSPS) is 16.6. The van der Waals surface area contributed by atoms with E-state index in [1.165, 1.54) is 23.1 Å². The van der Waals surface area contributed by atoms with Crippen LogP contribution in [0.25, 0.3) is 22.5 Å². The maximum atomic E-state index is 13.6. The van der Waals surface area contributed by atoms with Crippen molar-refractivity contribution in [3.8, 4) is 34.3 Å². The number of alkyl halides is 6. The van der Waals surface area contributed by atoms with Crippen molar-refractivity contribution in [2.45, 2.75) is 89.0 Å². The summed E-state index contributed by atoms with van der Waals surface area (Å²) < 4.78 is 89.7. The minimum absolute atomic E-state index is 0.155. The van der Waals surface area contributed by atoms with E-state index < -0.39 is 40.7 Å². The summed E-state index contributed by atoms with van der Waals surface area (Å²) in [5, 5.41) is 26.0. The van der Waals surface area contributed by atoms with Gasteiger partial charge in [-0.25, -0.2) is 14.8 Å². The van der Waals surface area contributed by atoms with Gasteiger partial charge in [0.05, 0.1) is 74.4 Å². The fourth-order valence-corrected chi connectivity index (χ4v) is 9.26. The van der Waals surface area contributed by atoms with Gasteiger partial charge in [0, 0.05) is 68.3 Å². The standard InChI is InChI=1S/C27H27ClF3N5O3.C16H13ClF3N3.C10H16N2O2/c1-26(2,38)10-12-39-22-8-4-7-21(32-22)33-25(37)36-18-9-11-35(15-18)20-14-19(28)23(34-24(20)36)16-5-3-6-17(13-16)27(29,30)31;17-12-7-13-15(21-11-4-5-23(13)8-11)22-14(12)9-2-1-3-10(6-9)16(18,19)20;1-10(2,13)6-7-14-9-5-3-4-8(11)12-9/h3-8,13-14,18,38H,9-12,15H2,1-2H3,(H,32,33,37);1-3,6-7,11H,4-5,8H2,(H,21,22);3-5,13H,6-7H2,1-2H3,(H2,11,12)/t18-;11-;/m00./s1. The molecule has 4 aliphatic rings. The summed E-state index contributed by atoms with van der Waals surface area (Å²) >= 11 is 12.8. The Morgan fingerprint density at radius 3 is 1.80 bits per heavy atom. The van der Waals surface area contributed by atoms with Crippen LogP contribution in [0.4, 0.5) is 65.8 Å². The molecule has 0 saturated carbocycles. The van der Waals surface area contributed by atoms with E-state index in [0.717, 1.165) is 49.5 Å². The molecule has 0 radical (unpaired) electrons. The molecule has 0 spiro atoms. The Morgan fingerprint density at radius 2 is 1.22 bits per heavy atom. The van der Waals surface area contributed by atoms with Crippen LogP contribution < -0.4 is 40.5 Å². The van der Waals surface area contributed by atoms with Crippen LogP contribution in [0.3, 0.4) is 0 Å². The molecule has 2 fully saturated rings. The van der Waals surface area contributed by atoms with Gasteiger partial charge >= 0.3 is 18.4 Å². The third kappa shape index (κ3) is 14.0. The summed E-state index contributed by atoms with van der Waals surface area (Å²) in [6.07, 6.45) is -6.24. The van der Waals surface area contributed by atoms with Crippen molar-refractivity contribution >= 4 is 63.9 Å². The number of amides is 2. The number of carbonyl (C=O) groups is 1. The number of pyridine rings is 4. The molecule has 23 heteroatoms. The van der Waals surface area contributed by atoms with Gasteiger partial charge in [0.25, 0.3) is 0 Å². The van der Waals surface area contributed by atoms with Crippen molar-refractivity contribution in [1.29, 1.82) is 0 Å². The topological polar surface area (TPSA) is 187 Å². The SMILES string of the molecule is CC(C)(O)CCOc1cccc(N)n1.CC(C)(O)CCOc1cccc(NC(=O)N2c3nc(-c4cccc(C(F)(F)F)c4)c(Cl)cc3N3CC[C@H]2C3)n1.FC(F)(F)c1cccc(-c2nc3c(cc2Cl)N2CC[C@@H](C2)N3)c1. The average molecular weight is 1100 g/mol. The number of hydrogen-bond acceptors (Lipinski definition) is 13. The van der Waals surface area contributed by atoms with E-state index in [2.05, 4.69) is 40.4 Å². The van der Waals surface area contributed by atoms with Gasteiger partial charge in [-0.2, -0.15) is 36.3 Å². The molecule has 0 unspecified atom stereocenters. The highest BCUT2D eigenvalue weighted by molar-refractivity contribution is 6.34. The predicted molar refractivity (Wildman–Crippen MR) is 281 cm³/mol. The second-order valence-electron chi connectivity index (χ2n) is 19.9. The lowest BCUT2D eigenvalue weighted by Crippen LogP contribution is -2.48. The minimum Gasteiger partial charge on any atom is -0.477 e. The number of aliphatic hydroxyl groups is 2. The first-order valence-corrected chi connectivity index (χ1v) is 25.1. The van der Waals surface area contributed by atoms with E-state index in [9.17, 15) is 41.4 Å². The lowest BCUT2D eigenvalue weighted by Gasteiger charge is -2.36. The van der Waals surface area contributed by atoms with Crippen LogP contribution in [0.2, 0.25) is 10.0 Å². The molecule has 2 amide bonds. The molecule has 8 heterocycles. The van der Waals surface area contributed by atoms with Crippen LogP contribution in [0.5, 0.6) is 11.8 Å². The number of fused-ring (bicyclic) bond motifs is 8. The number of hydrogen-bond donors (Lipinski definition) is 5. The number of aromatic nitrogens is 4. The molecule has 6 aromatic rings. The third-order valence-corrected chi connectivity index (χ3v) is 13.2. The van der Waals surface area contributed by atoms with Crippen molar-refractivity contribution in [1.82, 2.24) is 19.9 Å². The van der Waals surface area contributed by atoms with E-state index in [0.29, 0.717) is 96.2 Å². The molecular weight excluding hydrogens is 1040 g/mol. The van der Waals surface area contributed by atoms with Crippen molar-refractivity contribution < 1.29 is 50.8 Å². The van der Waals surface area contributed by atoms with Crippen LogP contribution in [-0.4, -0.2) is 98.9 Å². The Labute approximate surface area is 445 Å². The number of nitrogens with zero attached hydrogens (tertiary/aromatic N) is 7. The van der Waals surface area contributed by atoms with Crippen molar-refractivity contribution in [3.63, 3.8) is 0 Å². The molecule has 2 aromatic carbocycles. The van der Waals surface area contributed by atoms with Crippen LogP contribution in [0.15, 0.2) is 97.1 Å². The lowest BCUT2D eigenvalue weighted by atomic mass is 10.1. The Balaban J connectivity index is 0.000000173. The Kier molecular flexibility index (Phi) is 16.3. The highest BCUT2D eigenvalue weighted by Crippen LogP contribution is 2.45. The second-order valence-corrected chi connectivity index (χ2v) is 20.7. The lowest BCUT2D eigenvalue weighted by molar-refractivity contribution is -0.138. The molecular formula is C53H56Cl2F6N10O5. The second kappa shape index (κ2) is 22.4. The summed E-state index contributed by atoms with van der Waals surface area (Å²) in [6.45, 7) is 10.6. The van der Waals surface area contributed by atoms with Gasteiger partial charge in [0.1, 0.15) is 11.6 Å². The largest absolute Gasteiger partial charge is 0.477 e. The maximum absolute atomic E-state index is 13.6. The molecule has 10 rings (SSSR count). The number of rotatable bonds is 11. The summed E-state index contributed by atoms with van der Waals surface area (Å²) in [6, 6.07) is 23.1. The number of ether oxygens (including phenoxy) is 2. The highest BCUT2D eigenvalue weighted by atomic mass is 35.5. The Hall–Kier alpha value is -6.81. The fraction of sp³-hybridized carbons (Fsp3) is 0.377. The van der Waals surface area contributed by atoms with Gasteiger partial charge < -0.3 is 40.5 Å². The van der Waals surface area contributed by atoms with Gasteiger partial charge in [0.2, 0.25) is 11.8 Å². The smallest absolute Gasteiger partial charge is 0.416 e. The monoisotopic (exact) mass is 1100 g/mol. The zero-order chi connectivity index (χ0) is 54.7. The fourth-order valence-electron chi connectivity index (χ4n) is 8.75. The van der Waals surface area contributed by atoms with Gasteiger partial charge in [0.15, 0.2) is 11.6 Å². The van der Waals surface area contributed by atoms with Gasteiger partial charge in [-0.15, -0.1) is 0 Å². The zero-order valence-corrected chi connectivity index (χ0v) is 43.3. The van der Waals surface area contributed by atoms with Crippen molar-refractivity contribution in [2.24, 2.45) is 0 Å². The number of anilines is 6. The molecule has 0 aliphatic carbocycles. The summed E-state index contributed by atoms with van der Waals surface area (Å²) in [5.41, 5.74) is 5.00. The van der Waals surface area contributed by atoms with Gasteiger partial charge in [-0.05, 0) is 89.1 Å². The molecule has 4 aromatic heterocycles. The number of nitrogens with one attached hydrogen (secondary N) is 2. The number of carbonyl (C=O) groups excluding carboxylic acids is 1. The molecule has 6 N–H and O–H groups in total. The summed E-state index contributed by atoms with van der Waals surface area (Å²) in [4.78, 5) is 36.8. The number of benzene rings is 2. The van der Waals surface area contributed by atoms with E-state index in [-0.39, 0.29) is 34.7 Å². The summed E-state index contributed by atoms with van der Waals surface area (Å²) in [5.74, 6) is 2.49. The molecule has 2 atom stereocenters. The number of nitrogens with two attached hydrogens (primary N) is 1. The Bertz CT molecular complexity index is 3050. The Morgan fingerprint density at radius 1 is 0.697 bits per heavy atom. The van der Waals surface area contributed by atoms with Crippen molar-refractivity contribution in [3.05, 3.63) is 118 Å². The number of urea groups is 1. The minimum atomic E-state index is -4.52. The van der Waals surface area contributed by atoms with Crippen LogP contribution in [0.1, 0.15) is 64.5 Å². The highest BCUT2D eigenvalue weighted by Gasteiger charge is 2.41. The molecule has 4 bridgehead atoms. The molecule has 4 aliphatic heterocycles. The first-order chi connectivity index (χ1) is 35.8. The summed E-state index contributed by atoms with van der Waals surface area (Å²) in [7, 11) is 0. The van der Waals surface area contributed by atoms with E-state index in [1.54, 1.807) is 82.3 Å². The first-order valence-electron chi connectivity index (χ1n) is 24.3. The van der Waals surface area contributed by atoms with Gasteiger partial charge in [-0.1, -0.05) is 59.6 Å². The van der Waals surface area contributed by atoms with E-state index in [1.807, 2.05) is 0 Å². The van der Waals surface area contributed by atoms with Gasteiger partial charge in [-0.3, -0.25) is 10.2 Å². The van der Waals surface area contributed by atoms with Crippen molar-refractivity contribution in [2.75, 3.05) is 70.5 Å². The number of halogens is 8.